The highest BCUT2D eigenvalue weighted by molar-refractivity contribution is 5.93. The zero-order valence-electron chi connectivity index (χ0n) is 14.7. The number of hydrogen-bond donors (Lipinski definition) is 1. The molecule has 7 nitrogen and oxygen atoms in total. The highest BCUT2D eigenvalue weighted by atomic mass is 16.5. The van der Waals surface area contributed by atoms with Crippen molar-refractivity contribution in [3.63, 3.8) is 0 Å². The quantitative estimate of drug-likeness (QED) is 0.611. The number of amides is 1. The maximum Gasteiger partial charge on any atom is 0.330 e. The molecule has 132 valence electrons. The summed E-state index contributed by atoms with van der Waals surface area (Å²) in [5, 5.41) is 10.7. The molecule has 0 spiro atoms. The van der Waals surface area contributed by atoms with Gasteiger partial charge in [0.2, 0.25) is 0 Å². The monoisotopic (exact) mass is 342 g/mol. The molecule has 0 aliphatic carbocycles. The van der Waals surface area contributed by atoms with E-state index in [0.717, 1.165) is 12.0 Å². The van der Waals surface area contributed by atoms with E-state index in [2.05, 4.69) is 51.6 Å². The average molecular weight is 342 g/mol. The molecule has 0 unspecified atom stereocenters. The van der Waals surface area contributed by atoms with Crippen molar-refractivity contribution in [2.45, 2.75) is 26.8 Å². The second-order valence-corrected chi connectivity index (χ2v) is 5.49. The van der Waals surface area contributed by atoms with Crippen molar-refractivity contribution in [3.05, 3.63) is 58.9 Å². The molecule has 2 rings (SSSR count). The van der Waals surface area contributed by atoms with Gasteiger partial charge in [-0.1, -0.05) is 42.5 Å². The second-order valence-electron chi connectivity index (χ2n) is 5.49. The van der Waals surface area contributed by atoms with Gasteiger partial charge in [-0.15, -0.1) is 5.10 Å². The van der Waals surface area contributed by atoms with Crippen LogP contribution in [-0.4, -0.2) is 40.5 Å². The lowest BCUT2D eigenvalue weighted by molar-refractivity contribution is -0.134. The summed E-state index contributed by atoms with van der Waals surface area (Å²) in [5.41, 5.74) is 3.34. The number of hydrogen-bond acceptors (Lipinski definition) is 5. The lowest BCUT2D eigenvalue weighted by Crippen LogP contribution is -2.24. The molecule has 0 radical (unpaired) electrons. The first-order chi connectivity index (χ1) is 12.0. The molecule has 0 aliphatic heterocycles. The van der Waals surface area contributed by atoms with E-state index in [9.17, 15) is 9.59 Å². The lowest BCUT2D eigenvalue weighted by Gasteiger charge is -2.05. The first kappa shape index (κ1) is 18.4. The summed E-state index contributed by atoms with van der Waals surface area (Å²) in [4.78, 5) is 23.1. The largest absolute Gasteiger partial charge is 0.466 e. The zero-order chi connectivity index (χ0) is 18.2. The summed E-state index contributed by atoms with van der Waals surface area (Å²) in [7, 11) is 1.29. The molecule has 1 amide bonds. The average Bonchev–Trinajstić information content (AvgIpc) is 2.99. The van der Waals surface area contributed by atoms with E-state index in [1.807, 2.05) is 0 Å². The van der Waals surface area contributed by atoms with Crippen LogP contribution in [0.15, 0.2) is 36.4 Å². The molecule has 0 saturated carbocycles. The fourth-order valence-electron chi connectivity index (χ4n) is 2.23. The van der Waals surface area contributed by atoms with Crippen molar-refractivity contribution in [2.75, 3.05) is 13.7 Å². The fourth-order valence-corrected chi connectivity index (χ4v) is 2.23. The van der Waals surface area contributed by atoms with Crippen molar-refractivity contribution < 1.29 is 14.3 Å². The zero-order valence-corrected chi connectivity index (χ0v) is 14.7. The van der Waals surface area contributed by atoms with E-state index < -0.39 is 5.97 Å². The van der Waals surface area contributed by atoms with Crippen LogP contribution in [0.25, 0.3) is 0 Å². The summed E-state index contributed by atoms with van der Waals surface area (Å²) in [6, 6.07) is 8.28. The van der Waals surface area contributed by atoms with Gasteiger partial charge in [0, 0.05) is 12.6 Å². The maximum atomic E-state index is 12.2. The number of nitrogens with one attached hydrogen (secondary N) is 1. The third-order valence-electron chi connectivity index (χ3n) is 3.80. The standard InChI is InChI=1S/C18H22N4O3/c1-4-14-7-9-15(10-8-14)12-22-13(2)17(20-21-22)18(24)19-11-5-6-16(23)25-3/h5-10H,4,11-12H2,1-3H3,(H,19,24)/b6-5+. The Balaban J connectivity index is 1.98. The van der Waals surface area contributed by atoms with E-state index in [1.54, 1.807) is 11.6 Å². The number of rotatable bonds is 7. The van der Waals surface area contributed by atoms with E-state index in [-0.39, 0.29) is 18.1 Å². The first-order valence-electron chi connectivity index (χ1n) is 8.05. The molecule has 0 bridgehead atoms. The molecular weight excluding hydrogens is 320 g/mol. The topological polar surface area (TPSA) is 86.1 Å². The molecule has 1 aromatic heterocycles. The lowest BCUT2D eigenvalue weighted by atomic mass is 10.1. The minimum Gasteiger partial charge on any atom is -0.466 e. The van der Waals surface area contributed by atoms with Gasteiger partial charge in [0.05, 0.1) is 19.3 Å². The molecule has 1 N–H and O–H groups in total. The van der Waals surface area contributed by atoms with E-state index in [0.29, 0.717) is 12.2 Å². The van der Waals surface area contributed by atoms with Crippen LogP contribution in [-0.2, 0) is 22.5 Å². The minimum atomic E-state index is -0.467. The highest BCUT2D eigenvalue weighted by Crippen LogP contribution is 2.10. The van der Waals surface area contributed by atoms with Gasteiger partial charge in [0.1, 0.15) is 0 Å². The van der Waals surface area contributed by atoms with Crippen molar-refractivity contribution in [1.29, 1.82) is 0 Å². The number of nitrogens with zero attached hydrogens (tertiary/aromatic N) is 3. The number of methoxy groups -OCH3 is 1. The number of carbonyl (C=O) groups excluding carboxylic acids is 2. The predicted octanol–water partition coefficient (Wildman–Crippen LogP) is 1.66. The van der Waals surface area contributed by atoms with Gasteiger partial charge in [-0.3, -0.25) is 4.79 Å². The van der Waals surface area contributed by atoms with Crippen LogP contribution in [0.4, 0.5) is 0 Å². The highest BCUT2D eigenvalue weighted by Gasteiger charge is 2.15. The van der Waals surface area contributed by atoms with Crippen LogP contribution >= 0.6 is 0 Å². The van der Waals surface area contributed by atoms with E-state index in [4.69, 9.17) is 0 Å². The van der Waals surface area contributed by atoms with Gasteiger partial charge < -0.3 is 10.1 Å². The maximum absolute atomic E-state index is 12.2. The molecule has 1 aromatic carbocycles. The smallest absolute Gasteiger partial charge is 0.330 e. The van der Waals surface area contributed by atoms with Crippen molar-refractivity contribution in [2.24, 2.45) is 0 Å². The third kappa shape index (κ3) is 5.00. The number of benzene rings is 1. The molecule has 0 saturated heterocycles. The summed E-state index contributed by atoms with van der Waals surface area (Å²) in [5.74, 6) is -0.801. The molecule has 1 heterocycles. The van der Waals surface area contributed by atoms with Crippen LogP contribution in [0.5, 0.6) is 0 Å². The Hall–Kier alpha value is -2.96. The van der Waals surface area contributed by atoms with Gasteiger partial charge >= 0.3 is 5.97 Å². The SMILES string of the molecule is CCc1ccc(Cn2nnc(C(=O)NC/C=C/C(=O)OC)c2C)cc1. The van der Waals surface area contributed by atoms with Gasteiger partial charge in [-0.25, -0.2) is 9.48 Å². The predicted molar refractivity (Wildman–Crippen MR) is 93.2 cm³/mol. The molecular formula is C18H22N4O3. The normalized spacial score (nSPS) is 10.8. The number of aromatic nitrogens is 3. The summed E-state index contributed by atoms with van der Waals surface area (Å²) < 4.78 is 6.17. The van der Waals surface area contributed by atoms with Crippen molar-refractivity contribution >= 4 is 11.9 Å². The Morgan fingerprint density at radius 3 is 2.56 bits per heavy atom. The number of ether oxygens (including phenoxy) is 1. The molecule has 0 fully saturated rings. The van der Waals surface area contributed by atoms with Gasteiger partial charge in [-0.2, -0.15) is 0 Å². The second kappa shape index (κ2) is 8.77. The van der Waals surface area contributed by atoms with Gasteiger partial charge in [-0.05, 0) is 24.5 Å². The van der Waals surface area contributed by atoms with Crippen molar-refractivity contribution in [1.82, 2.24) is 20.3 Å². The summed E-state index contributed by atoms with van der Waals surface area (Å²) in [6.07, 6.45) is 3.76. The van der Waals surface area contributed by atoms with Crippen molar-refractivity contribution in [3.8, 4) is 0 Å². The van der Waals surface area contributed by atoms with Gasteiger partial charge in [0.15, 0.2) is 5.69 Å². The van der Waals surface area contributed by atoms with E-state index in [1.165, 1.54) is 24.8 Å². The minimum absolute atomic E-state index is 0.207. The number of esters is 1. The molecule has 0 atom stereocenters. The van der Waals surface area contributed by atoms with Crippen LogP contribution in [0, 0.1) is 6.92 Å². The van der Waals surface area contributed by atoms with Crippen LogP contribution < -0.4 is 5.32 Å². The summed E-state index contributed by atoms with van der Waals surface area (Å²) >= 11 is 0. The van der Waals surface area contributed by atoms with Crippen LogP contribution in [0.2, 0.25) is 0 Å². The fraction of sp³-hybridized carbons (Fsp3) is 0.333. The Labute approximate surface area is 146 Å². The van der Waals surface area contributed by atoms with Crippen LogP contribution in [0.3, 0.4) is 0 Å². The number of aryl methyl sites for hydroxylation is 1. The molecule has 0 aliphatic rings. The molecule has 2 aromatic rings. The van der Waals surface area contributed by atoms with Crippen LogP contribution in [0.1, 0.15) is 34.2 Å². The Bertz CT molecular complexity index is 763. The molecule has 7 heteroatoms. The third-order valence-corrected chi connectivity index (χ3v) is 3.80. The van der Waals surface area contributed by atoms with Gasteiger partial charge in [0.25, 0.3) is 5.91 Å². The summed E-state index contributed by atoms with van der Waals surface area (Å²) in [6.45, 7) is 4.68. The Morgan fingerprint density at radius 1 is 1.24 bits per heavy atom. The molecule has 25 heavy (non-hydrogen) atoms. The van der Waals surface area contributed by atoms with E-state index >= 15 is 0 Å². The first-order valence-corrected chi connectivity index (χ1v) is 8.05. The number of carbonyl (C=O) groups is 2. The Kier molecular flexibility index (Phi) is 6.45. The Morgan fingerprint density at radius 2 is 1.92 bits per heavy atom.